The van der Waals surface area contributed by atoms with Gasteiger partial charge in [0, 0.05) is 23.3 Å². The van der Waals surface area contributed by atoms with Gasteiger partial charge in [0.25, 0.3) is 0 Å². The van der Waals surface area contributed by atoms with Crippen LogP contribution in [-0.2, 0) is 6.42 Å². The maximum absolute atomic E-state index is 5.97. The molecule has 0 unspecified atom stereocenters. The molecule has 2 aromatic rings. The van der Waals surface area contributed by atoms with E-state index in [1.165, 1.54) is 10.9 Å². The first kappa shape index (κ1) is 10.2. The largest absolute Gasteiger partial charge is 0.346 e. The number of H-pyrrole nitrogens is 1. The van der Waals surface area contributed by atoms with Crippen LogP contribution >= 0.6 is 0 Å². The fraction of sp³-hybridized carbons (Fsp3) is 0.417. The predicted molar refractivity (Wildman–Crippen MR) is 62.7 cm³/mol. The van der Waals surface area contributed by atoms with Crippen molar-refractivity contribution in [1.82, 2.24) is 9.97 Å². The molecule has 0 radical (unpaired) electrons. The van der Waals surface area contributed by atoms with Gasteiger partial charge in [0.05, 0.1) is 0 Å². The second kappa shape index (κ2) is 3.66. The molecule has 0 amide bonds. The monoisotopic (exact) mass is 203 g/mol. The second-order valence-electron chi connectivity index (χ2n) is 4.70. The lowest BCUT2D eigenvalue weighted by atomic mass is 9.97. The van der Waals surface area contributed by atoms with Crippen LogP contribution in [0.3, 0.4) is 0 Å². The Morgan fingerprint density at radius 3 is 3.00 bits per heavy atom. The van der Waals surface area contributed by atoms with E-state index in [1.807, 2.05) is 12.3 Å². The van der Waals surface area contributed by atoms with Gasteiger partial charge in [-0.2, -0.15) is 0 Å². The van der Waals surface area contributed by atoms with Gasteiger partial charge >= 0.3 is 0 Å². The van der Waals surface area contributed by atoms with Gasteiger partial charge in [0.1, 0.15) is 5.65 Å². The van der Waals surface area contributed by atoms with Crippen LogP contribution in [0.25, 0.3) is 11.0 Å². The van der Waals surface area contributed by atoms with Crippen LogP contribution in [0.15, 0.2) is 24.5 Å². The summed E-state index contributed by atoms with van der Waals surface area (Å²) in [6, 6.07) is 4.06. The summed E-state index contributed by atoms with van der Waals surface area (Å²) in [5.41, 5.74) is 8.13. The zero-order valence-electron chi connectivity index (χ0n) is 9.25. The standard InChI is InChI=1S/C12H17N3/c1-12(2,13)6-5-9-8-15-11-10(9)4-3-7-14-11/h3-4,7-8H,5-6,13H2,1-2H3,(H,14,15). The average molecular weight is 203 g/mol. The molecule has 3 N–H and O–H groups in total. The number of nitrogens with one attached hydrogen (secondary N) is 1. The zero-order valence-corrected chi connectivity index (χ0v) is 9.25. The highest BCUT2D eigenvalue weighted by molar-refractivity contribution is 5.79. The highest BCUT2D eigenvalue weighted by Crippen LogP contribution is 2.19. The lowest BCUT2D eigenvalue weighted by Gasteiger charge is -2.17. The number of hydrogen-bond acceptors (Lipinski definition) is 2. The minimum Gasteiger partial charge on any atom is -0.346 e. The molecule has 3 heteroatoms. The fourth-order valence-corrected chi connectivity index (χ4v) is 1.68. The average Bonchev–Trinajstić information content (AvgIpc) is 2.57. The highest BCUT2D eigenvalue weighted by Gasteiger charge is 2.12. The number of nitrogens with two attached hydrogens (primary N) is 1. The second-order valence-corrected chi connectivity index (χ2v) is 4.70. The van der Waals surface area contributed by atoms with Crippen molar-refractivity contribution in [3.63, 3.8) is 0 Å². The van der Waals surface area contributed by atoms with E-state index in [4.69, 9.17) is 5.73 Å². The maximum Gasteiger partial charge on any atom is 0.137 e. The van der Waals surface area contributed by atoms with E-state index in [1.54, 1.807) is 6.20 Å². The first-order valence-electron chi connectivity index (χ1n) is 5.26. The molecule has 2 heterocycles. The Morgan fingerprint density at radius 1 is 1.47 bits per heavy atom. The third-order valence-electron chi connectivity index (χ3n) is 2.58. The van der Waals surface area contributed by atoms with Crippen LogP contribution < -0.4 is 5.73 Å². The summed E-state index contributed by atoms with van der Waals surface area (Å²) in [6.45, 7) is 4.11. The molecule has 0 fully saturated rings. The van der Waals surface area contributed by atoms with E-state index < -0.39 is 0 Å². The topological polar surface area (TPSA) is 54.7 Å². The van der Waals surface area contributed by atoms with Gasteiger partial charge in [0.2, 0.25) is 0 Å². The number of aromatic amines is 1. The van der Waals surface area contributed by atoms with Crippen molar-refractivity contribution in [2.75, 3.05) is 0 Å². The lowest BCUT2D eigenvalue weighted by molar-refractivity contribution is 0.477. The van der Waals surface area contributed by atoms with Crippen LogP contribution in [0.2, 0.25) is 0 Å². The van der Waals surface area contributed by atoms with Crippen LogP contribution in [0.4, 0.5) is 0 Å². The number of pyridine rings is 1. The smallest absolute Gasteiger partial charge is 0.137 e. The van der Waals surface area contributed by atoms with Gasteiger partial charge in [0.15, 0.2) is 0 Å². The summed E-state index contributed by atoms with van der Waals surface area (Å²) in [6.07, 6.45) is 5.81. The van der Waals surface area contributed by atoms with E-state index in [0.29, 0.717) is 0 Å². The molecule has 0 aliphatic heterocycles. The third-order valence-corrected chi connectivity index (χ3v) is 2.58. The Bertz CT molecular complexity index is 451. The van der Waals surface area contributed by atoms with E-state index >= 15 is 0 Å². The first-order valence-corrected chi connectivity index (χ1v) is 5.26. The molecule has 3 nitrogen and oxygen atoms in total. The summed E-state index contributed by atoms with van der Waals surface area (Å²) in [7, 11) is 0. The number of fused-ring (bicyclic) bond motifs is 1. The molecular formula is C12H17N3. The van der Waals surface area contributed by atoms with E-state index in [2.05, 4.69) is 29.9 Å². The molecule has 2 rings (SSSR count). The molecule has 80 valence electrons. The number of nitrogens with zero attached hydrogens (tertiary/aromatic N) is 1. The molecule has 2 aromatic heterocycles. The Labute approximate surface area is 89.7 Å². The van der Waals surface area contributed by atoms with Crippen molar-refractivity contribution in [3.8, 4) is 0 Å². The molecule has 0 aliphatic rings. The molecular weight excluding hydrogens is 186 g/mol. The van der Waals surface area contributed by atoms with Crippen LogP contribution in [0, 0.1) is 0 Å². The maximum atomic E-state index is 5.97. The number of hydrogen-bond donors (Lipinski definition) is 2. The van der Waals surface area contributed by atoms with Crippen LogP contribution in [0.1, 0.15) is 25.8 Å². The molecule has 0 saturated heterocycles. The van der Waals surface area contributed by atoms with Gasteiger partial charge < -0.3 is 10.7 Å². The fourth-order valence-electron chi connectivity index (χ4n) is 1.68. The van der Waals surface area contributed by atoms with Gasteiger partial charge in [-0.1, -0.05) is 0 Å². The van der Waals surface area contributed by atoms with Crippen LogP contribution in [-0.4, -0.2) is 15.5 Å². The third kappa shape index (κ3) is 2.36. The van der Waals surface area contributed by atoms with Gasteiger partial charge in [-0.3, -0.25) is 0 Å². The Kier molecular flexibility index (Phi) is 2.49. The van der Waals surface area contributed by atoms with Gasteiger partial charge in [-0.15, -0.1) is 0 Å². The molecule has 15 heavy (non-hydrogen) atoms. The molecule has 0 aromatic carbocycles. The van der Waals surface area contributed by atoms with Crippen molar-refractivity contribution in [1.29, 1.82) is 0 Å². The van der Waals surface area contributed by atoms with E-state index in [9.17, 15) is 0 Å². The Balaban J connectivity index is 2.22. The SMILES string of the molecule is CC(C)(N)CCc1c[nH]c2ncccc12. The van der Waals surface area contributed by atoms with E-state index in [-0.39, 0.29) is 5.54 Å². The molecule has 0 spiro atoms. The Morgan fingerprint density at radius 2 is 2.27 bits per heavy atom. The van der Waals surface area contributed by atoms with Crippen molar-refractivity contribution >= 4 is 11.0 Å². The quantitative estimate of drug-likeness (QED) is 0.803. The summed E-state index contributed by atoms with van der Waals surface area (Å²) in [5, 5.41) is 1.21. The normalized spacial score (nSPS) is 12.2. The molecule has 0 aliphatic carbocycles. The van der Waals surface area contributed by atoms with Crippen molar-refractivity contribution in [2.24, 2.45) is 5.73 Å². The zero-order chi connectivity index (χ0) is 10.9. The van der Waals surface area contributed by atoms with Crippen molar-refractivity contribution in [3.05, 3.63) is 30.1 Å². The predicted octanol–water partition coefficient (Wildman–Crippen LogP) is 2.23. The highest BCUT2D eigenvalue weighted by atomic mass is 14.8. The summed E-state index contributed by atoms with van der Waals surface area (Å²) in [4.78, 5) is 7.43. The summed E-state index contributed by atoms with van der Waals surface area (Å²) >= 11 is 0. The van der Waals surface area contributed by atoms with Crippen molar-refractivity contribution < 1.29 is 0 Å². The molecule has 0 saturated carbocycles. The van der Waals surface area contributed by atoms with Crippen molar-refractivity contribution in [2.45, 2.75) is 32.2 Å². The van der Waals surface area contributed by atoms with E-state index in [0.717, 1.165) is 18.5 Å². The minimum atomic E-state index is -0.105. The summed E-state index contributed by atoms with van der Waals surface area (Å²) < 4.78 is 0. The number of aromatic nitrogens is 2. The number of rotatable bonds is 3. The van der Waals surface area contributed by atoms with Gasteiger partial charge in [-0.05, 0) is 44.4 Å². The van der Waals surface area contributed by atoms with Gasteiger partial charge in [-0.25, -0.2) is 4.98 Å². The molecule has 0 bridgehead atoms. The first-order chi connectivity index (χ1) is 7.06. The minimum absolute atomic E-state index is 0.105. The molecule has 0 atom stereocenters. The summed E-state index contributed by atoms with van der Waals surface area (Å²) in [5.74, 6) is 0. The number of aryl methyl sites for hydroxylation is 1. The Hall–Kier alpha value is -1.35. The lowest BCUT2D eigenvalue weighted by Crippen LogP contribution is -2.32. The van der Waals surface area contributed by atoms with Crippen LogP contribution in [0.5, 0.6) is 0 Å².